The van der Waals surface area contributed by atoms with Crippen LogP contribution in [0.5, 0.6) is 0 Å². The van der Waals surface area contributed by atoms with Crippen molar-refractivity contribution in [2.24, 2.45) is 5.73 Å². The second-order valence-corrected chi connectivity index (χ2v) is 5.76. The molecule has 0 spiro atoms. The molecule has 0 aliphatic carbocycles. The third kappa shape index (κ3) is 2.75. The van der Waals surface area contributed by atoms with Crippen LogP contribution in [0.4, 0.5) is 0 Å². The molecule has 1 fully saturated rings. The number of halogens is 2. The molecule has 2 amide bonds. The van der Waals surface area contributed by atoms with Crippen molar-refractivity contribution in [3.8, 4) is 0 Å². The Bertz CT molecular complexity index is 552. The molecule has 0 saturated carbocycles. The molecule has 1 aliphatic heterocycles. The van der Waals surface area contributed by atoms with Gasteiger partial charge in [0.25, 0.3) is 11.8 Å². The molecule has 3 N–H and O–H groups in total. The van der Waals surface area contributed by atoms with Crippen molar-refractivity contribution in [2.75, 3.05) is 13.1 Å². The van der Waals surface area contributed by atoms with Crippen molar-refractivity contribution in [1.82, 2.24) is 4.90 Å². The Kier molecular flexibility index (Phi) is 3.85. The summed E-state index contributed by atoms with van der Waals surface area (Å²) in [6.45, 7) is 0.195. The van der Waals surface area contributed by atoms with Gasteiger partial charge in [0.05, 0.1) is 11.6 Å². The smallest absolute Gasteiger partial charge is 0.254 e. The lowest BCUT2D eigenvalue weighted by Crippen LogP contribution is -2.46. The topological polar surface area (TPSA) is 83.6 Å². The molecule has 1 unspecified atom stereocenters. The molecule has 0 radical (unpaired) electrons. The van der Waals surface area contributed by atoms with E-state index >= 15 is 0 Å². The van der Waals surface area contributed by atoms with Gasteiger partial charge in [0.15, 0.2) is 5.60 Å². The van der Waals surface area contributed by atoms with Crippen molar-refractivity contribution in [3.05, 3.63) is 33.3 Å². The Morgan fingerprint density at radius 2 is 2.16 bits per heavy atom. The van der Waals surface area contributed by atoms with Crippen LogP contribution in [0.3, 0.4) is 0 Å². The van der Waals surface area contributed by atoms with Crippen LogP contribution in [0.1, 0.15) is 16.8 Å². The fourth-order valence-corrected chi connectivity index (χ4v) is 2.41. The molecule has 5 nitrogen and oxygen atoms in total. The Morgan fingerprint density at radius 1 is 1.47 bits per heavy atom. The highest BCUT2D eigenvalue weighted by atomic mass is 79.9. The zero-order chi connectivity index (χ0) is 14.2. The molecule has 19 heavy (non-hydrogen) atoms. The van der Waals surface area contributed by atoms with Crippen molar-refractivity contribution in [2.45, 2.75) is 12.0 Å². The number of nitrogens with zero attached hydrogens (tertiary/aromatic N) is 1. The molecule has 0 aromatic heterocycles. The third-order valence-electron chi connectivity index (χ3n) is 3.16. The average molecular weight is 348 g/mol. The molecule has 102 valence electrons. The van der Waals surface area contributed by atoms with Crippen LogP contribution >= 0.6 is 27.5 Å². The van der Waals surface area contributed by atoms with Crippen molar-refractivity contribution in [1.29, 1.82) is 0 Å². The summed E-state index contributed by atoms with van der Waals surface area (Å²) in [4.78, 5) is 24.7. The summed E-state index contributed by atoms with van der Waals surface area (Å²) in [7, 11) is 0. The first kappa shape index (κ1) is 14.3. The fraction of sp³-hybridized carbons (Fsp3) is 0.333. The zero-order valence-electron chi connectivity index (χ0n) is 9.90. The van der Waals surface area contributed by atoms with Gasteiger partial charge in [0, 0.05) is 23.0 Å². The molecular formula is C12H12BrClN2O3. The molecule has 1 atom stereocenters. The summed E-state index contributed by atoms with van der Waals surface area (Å²) >= 11 is 9.17. The Labute approximate surface area is 123 Å². The number of hydrogen-bond donors (Lipinski definition) is 2. The lowest BCUT2D eigenvalue weighted by Gasteiger charge is -2.20. The highest BCUT2D eigenvalue weighted by Crippen LogP contribution is 2.26. The number of hydrogen-bond acceptors (Lipinski definition) is 3. The third-order valence-corrected chi connectivity index (χ3v) is 4.39. The van der Waals surface area contributed by atoms with Crippen molar-refractivity contribution >= 4 is 39.3 Å². The van der Waals surface area contributed by atoms with Gasteiger partial charge in [-0.3, -0.25) is 9.59 Å². The number of likely N-dealkylation sites (tertiary alicyclic amines) is 1. The van der Waals surface area contributed by atoms with Crippen LogP contribution in [0.2, 0.25) is 5.02 Å². The summed E-state index contributed by atoms with van der Waals surface area (Å²) in [6, 6.07) is 4.83. The molecule has 0 bridgehead atoms. The van der Waals surface area contributed by atoms with Gasteiger partial charge in [-0.1, -0.05) is 11.6 Å². The monoisotopic (exact) mass is 346 g/mol. The minimum absolute atomic E-state index is 0.0884. The molecular weight excluding hydrogens is 336 g/mol. The Hall–Kier alpha value is -1.11. The van der Waals surface area contributed by atoms with Crippen LogP contribution in [-0.2, 0) is 4.79 Å². The first-order valence-electron chi connectivity index (χ1n) is 5.60. The normalized spacial score (nSPS) is 22.6. The molecule has 1 aromatic rings. The van der Waals surface area contributed by atoms with Crippen LogP contribution in [0.15, 0.2) is 22.7 Å². The quantitative estimate of drug-likeness (QED) is 0.842. The second kappa shape index (κ2) is 5.11. The number of β-amino-alcohol motifs (C(OH)–C–C–N with tert-alkyl or cyclic N) is 1. The largest absolute Gasteiger partial charge is 0.378 e. The summed E-state index contributed by atoms with van der Waals surface area (Å²) in [5.41, 5.74) is 3.90. The van der Waals surface area contributed by atoms with Gasteiger partial charge in [0.2, 0.25) is 0 Å². The SMILES string of the molecule is NC(=O)C1(O)CCN(C(=O)c2ccc(Br)c(Cl)c2)C1. The lowest BCUT2D eigenvalue weighted by atomic mass is 10.0. The van der Waals surface area contributed by atoms with Crippen LogP contribution in [-0.4, -0.2) is 40.5 Å². The highest BCUT2D eigenvalue weighted by Gasteiger charge is 2.43. The van der Waals surface area contributed by atoms with Crippen LogP contribution in [0, 0.1) is 0 Å². The average Bonchev–Trinajstić information content (AvgIpc) is 2.76. The fourth-order valence-electron chi connectivity index (χ4n) is 1.98. The van der Waals surface area contributed by atoms with Gasteiger partial charge >= 0.3 is 0 Å². The number of aliphatic hydroxyl groups is 1. The highest BCUT2D eigenvalue weighted by molar-refractivity contribution is 9.10. The van der Waals surface area contributed by atoms with Crippen molar-refractivity contribution < 1.29 is 14.7 Å². The van der Waals surface area contributed by atoms with E-state index in [1.54, 1.807) is 12.1 Å². The number of nitrogens with two attached hydrogens (primary N) is 1. The zero-order valence-corrected chi connectivity index (χ0v) is 12.2. The predicted molar refractivity (Wildman–Crippen MR) is 73.8 cm³/mol. The summed E-state index contributed by atoms with van der Waals surface area (Å²) in [5, 5.41) is 10.4. The molecule has 2 rings (SSSR count). The van der Waals surface area contributed by atoms with Crippen molar-refractivity contribution in [3.63, 3.8) is 0 Å². The van der Waals surface area contributed by atoms with Gasteiger partial charge in [-0.05, 0) is 34.1 Å². The maximum atomic E-state index is 12.2. The predicted octanol–water partition coefficient (Wildman–Crippen LogP) is 1.16. The molecule has 1 aromatic carbocycles. The number of amides is 2. The van der Waals surface area contributed by atoms with E-state index in [9.17, 15) is 14.7 Å². The van der Waals surface area contributed by atoms with Gasteiger partial charge in [-0.15, -0.1) is 0 Å². The lowest BCUT2D eigenvalue weighted by molar-refractivity contribution is -0.134. The van der Waals surface area contributed by atoms with E-state index in [0.717, 1.165) is 0 Å². The standard InChI is InChI=1S/C12H12BrClN2O3/c13-8-2-1-7(5-9(8)14)10(17)16-4-3-12(19,6-16)11(15)18/h1-2,5,19H,3-4,6H2,(H2,15,18). The van der Waals surface area contributed by atoms with E-state index in [2.05, 4.69) is 15.9 Å². The van der Waals surface area contributed by atoms with Crippen LogP contribution < -0.4 is 5.73 Å². The Morgan fingerprint density at radius 3 is 2.68 bits per heavy atom. The summed E-state index contributed by atoms with van der Waals surface area (Å²) in [5.74, 6) is -1.09. The molecule has 1 heterocycles. The molecule has 1 aliphatic rings. The van der Waals surface area contributed by atoms with E-state index in [0.29, 0.717) is 15.1 Å². The Balaban J connectivity index is 2.18. The van der Waals surface area contributed by atoms with E-state index in [-0.39, 0.29) is 25.4 Å². The summed E-state index contributed by atoms with van der Waals surface area (Å²) < 4.78 is 0.695. The van der Waals surface area contributed by atoms with E-state index in [4.69, 9.17) is 17.3 Å². The number of primary amides is 1. The van der Waals surface area contributed by atoms with Gasteiger partial charge in [0.1, 0.15) is 0 Å². The van der Waals surface area contributed by atoms with Gasteiger partial charge in [-0.25, -0.2) is 0 Å². The minimum atomic E-state index is -1.63. The maximum Gasteiger partial charge on any atom is 0.254 e. The number of benzene rings is 1. The number of rotatable bonds is 2. The minimum Gasteiger partial charge on any atom is -0.378 e. The van der Waals surface area contributed by atoms with E-state index in [1.165, 1.54) is 11.0 Å². The first-order chi connectivity index (χ1) is 8.83. The summed E-state index contributed by atoms with van der Waals surface area (Å²) in [6.07, 6.45) is 0.151. The number of carbonyl (C=O) groups is 2. The van der Waals surface area contributed by atoms with Crippen LogP contribution in [0.25, 0.3) is 0 Å². The molecule has 7 heteroatoms. The van der Waals surface area contributed by atoms with E-state index < -0.39 is 11.5 Å². The number of carbonyl (C=O) groups excluding carboxylic acids is 2. The molecule has 1 saturated heterocycles. The van der Waals surface area contributed by atoms with E-state index in [1.807, 2.05) is 0 Å². The maximum absolute atomic E-state index is 12.2. The van der Waals surface area contributed by atoms with Gasteiger partial charge < -0.3 is 15.7 Å². The van der Waals surface area contributed by atoms with Gasteiger partial charge in [-0.2, -0.15) is 0 Å². The first-order valence-corrected chi connectivity index (χ1v) is 6.77. The second-order valence-electron chi connectivity index (χ2n) is 4.50.